The Morgan fingerprint density at radius 1 is 0.923 bits per heavy atom. The molecule has 4 aromatic rings. The van der Waals surface area contributed by atoms with Crippen LogP contribution < -0.4 is 5.32 Å². The van der Waals surface area contributed by atoms with Gasteiger partial charge in [-0.25, -0.2) is 4.98 Å². The molecule has 0 amide bonds. The Bertz CT molecular complexity index is 1020. The minimum absolute atomic E-state index is 0.849. The molecule has 0 fully saturated rings. The first-order valence-electron chi connectivity index (χ1n) is 8.92. The molecule has 26 heavy (non-hydrogen) atoms. The monoisotopic (exact) mass is 342 g/mol. The first kappa shape index (κ1) is 16.3. The van der Waals surface area contributed by atoms with Crippen LogP contribution in [-0.4, -0.2) is 21.1 Å². The average Bonchev–Trinajstić information content (AvgIpc) is 3.00. The SMILES string of the molecule is Cc1cc(NCCc2ccccc2)n2nc(-c3ccccc3)c(C)c2n1. The molecule has 0 saturated heterocycles. The Morgan fingerprint density at radius 2 is 1.62 bits per heavy atom. The lowest BCUT2D eigenvalue weighted by Crippen LogP contribution is -2.10. The lowest BCUT2D eigenvalue weighted by molar-refractivity contribution is 0.909. The number of rotatable bonds is 5. The zero-order valence-electron chi connectivity index (χ0n) is 15.1. The molecule has 130 valence electrons. The van der Waals surface area contributed by atoms with Crippen molar-refractivity contribution in [1.82, 2.24) is 14.6 Å². The molecule has 0 saturated carbocycles. The Kier molecular flexibility index (Phi) is 4.40. The molecule has 0 spiro atoms. The van der Waals surface area contributed by atoms with Gasteiger partial charge in [0.05, 0.1) is 5.69 Å². The van der Waals surface area contributed by atoms with E-state index < -0.39 is 0 Å². The fraction of sp³-hybridized carbons (Fsp3) is 0.182. The molecule has 0 atom stereocenters. The zero-order chi connectivity index (χ0) is 17.9. The summed E-state index contributed by atoms with van der Waals surface area (Å²) in [4.78, 5) is 4.71. The van der Waals surface area contributed by atoms with Crippen molar-refractivity contribution in [3.8, 4) is 11.3 Å². The van der Waals surface area contributed by atoms with Crippen LogP contribution in [0.1, 0.15) is 16.8 Å². The lowest BCUT2D eigenvalue weighted by atomic mass is 10.1. The first-order chi connectivity index (χ1) is 12.7. The van der Waals surface area contributed by atoms with E-state index in [0.29, 0.717) is 0 Å². The lowest BCUT2D eigenvalue weighted by Gasteiger charge is -2.09. The highest BCUT2D eigenvalue weighted by atomic mass is 15.3. The molecule has 2 aromatic heterocycles. The summed E-state index contributed by atoms with van der Waals surface area (Å²) in [5.74, 6) is 0.980. The Morgan fingerprint density at radius 3 is 2.35 bits per heavy atom. The number of aryl methyl sites for hydroxylation is 2. The van der Waals surface area contributed by atoms with E-state index in [1.807, 2.05) is 35.7 Å². The second-order valence-electron chi connectivity index (χ2n) is 6.52. The average molecular weight is 342 g/mol. The maximum Gasteiger partial charge on any atom is 0.161 e. The van der Waals surface area contributed by atoms with Gasteiger partial charge in [0.2, 0.25) is 0 Å². The van der Waals surface area contributed by atoms with Crippen molar-refractivity contribution in [2.45, 2.75) is 20.3 Å². The van der Waals surface area contributed by atoms with Crippen LogP contribution >= 0.6 is 0 Å². The molecule has 2 aromatic carbocycles. The van der Waals surface area contributed by atoms with Crippen molar-refractivity contribution >= 4 is 11.5 Å². The van der Waals surface area contributed by atoms with Crippen molar-refractivity contribution in [2.75, 3.05) is 11.9 Å². The third-order valence-electron chi connectivity index (χ3n) is 4.56. The smallest absolute Gasteiger partial charge is 0.161 e. The molecule has 0 aliphatic carbocycles. The predicted octanol–water partition coefficient (Wildman–Crippen LogP) is 4.67. The summed E-state index contributed by atoms with van der Waals surface area (Å²) in [5, 5.41) is 8.37. The van der Waals surface area contributed by atoms with Crippen LogP contribution in [0.4, 0.5) is 5.82 Å². The molecule has 0 aliphatic rings. The van der Waals surface area contributed by atoms with E-state index in [9.17, 15) is 0 Å². The van der Waals surface area contributed by atoms with Gasteiger partial charge in [-0.15, -0.1) is 0 Å². The quantitative estimate of drug-likeness (QED) is 0.573. The summed E-state index contributed by atoms with van der Waals surface area (Å²) >= 11 is 0. The summed E-state index contributed by atoms with van der Waals surface area (Å²) in [6.45, 7) is 4.96. The van der Waals surface area contributed by atoms with Crippen LogP contribution in [0.25, 0.3) is 16.9 Å². The van der Waals surface area contributed by atoms with Gasteiger partial charge in [-0.2, -0.15) is 9.61 Å². The standard InChI is InChI=1S/C22H22N4/c1-16-15-20(23-14-13-18-9-5-3-6-10-18)26-22(24-16)17(2)21(25-26)19-11-7-4-8-12-19/h3-12,15,23H,13-14H2,1-2H3. The summed E-state index contributed by atoms with van der Waals surface area (Å²) in [5.41, 5.74) is 6.42. The van der Waals surface area contributed by atoms with Gasteiger partial charge in [-0.1, -0.05) is 60.7 Å². The number of fused-ring (bicyclic) bond motifs is 1. The third-order valence-corrected chi connectivity index (χ3v) is 4.56. The van der Waals surface area contributed by atoms with Crippen LogP contribution in [0.5, 0.6) is 0 Å². The Labute approximate surface area is 153 Å². The fourth-order valence-electron chi connectivity index (χ4n) is 3.22. The van der Waals surface area contributed by atoms with E-state index in [-0.39, 0.29) is 0 Å². The molecule has 1 N–H and O–H groups in total. The van der Waals surface area contributed by atoms with E-state index in [4.69, 9.17) is 10.1 Å². The Balaban J connectivity index is 1.66. The number of hydrogen-bond acceptors (Lipinski definition) is 3. The van der Waals surface area contributed by atoms with Crippen LogP contribution in [0.15, 0.2) is 66.7 Å². The topological polar surface area (TPSA) is 42.2 Å². The predicted molar refractivity (Wildman–Crippen MR) is 107 cm³/mol. The highest BCUT2D eigenvalue weighted by Crippen LogP contribution is 2.26. The molecule has 4 rings (SSSR count). The normalized spacial score (nSPS) is 11.0. The molecule has 2 heterocycles. The van der Waals surface area contributed by atoms with E-state index in [1.54, 1.807) is 0 Å². The maximum atomic E-state index is 4.84. The van der Waals surface area contributed by atoms with Gasteiger partial charge in [0.15, 0.2) is 5.65 Å². The molecular weight excluding hydrogens is 320 g/mol. The largest absolute Gasteiger partial charge is 0.370 e. The number of nitrogens with one attached hydrogen (secondary N) is 1. The van der Waals surface area contributed by atoms with Crippen LogP contribution in [0.3, 0.4) is 0 Å². The molecule has 4 heteroatoms. The van der Waals surface area contributed by atoms with Crippen molar-refractivity contribution in [1.29, 1.82) is 0 Å². The van der Waals surface area contributed by atoms with E-state index in [0.717, 1.165) is 46.9 Å². The molecule has 4 nitrogen and oxygen atoms in total. The minimum atomic E-state index is 0.849. The van der Waals surface area contributed by atoms with E-state index in [1.165, 1.54) is 5.56 Å². The van der Waals surface area contributed by atoms with Crippen molar-refractivity contribution in [3.05, 3.63) is 83.6 Å². The van der Waals surface area contributed by atoms with Gasteiger partial charge < -0.3 is 5.32 Å². The van der Waals surface area contributed by atoms with Crippen LogP contribution in [-0.2, 0) is 6.42 Å². The van der Waals surface area contributed by atoms with Crippen molar-refractivity contribution in [2.24, 2.45) is 0 Å². The van der Waals surface area contributed by atoms with Crippen molar-refractivity contribution in [3.63, 3.8) is 0 Å². The second-order valence-corrected chi connectivity index (χ2v) is 6.52. The maximum absolute atomic E-state index is 4.84. The molecule has 0 bridgehead atoms. The van der Waals surface area contributed by atoms with E-state index in [2.05, 4.69) is 54.7 Å². The highest BCUT2D eigenvalue weighted by molar-refractivity contribution is 5.71. The molecule has 0 aliphatic heterocycles. The van der Waals surface area contributed by atoms with Gasteiger partial charge in [-0.05, 0) is 25.8 Å². The van der Waals surface area contributed by atoms with Gasteiger partial charge in [0.25, 0.3) is 0 Å². The number of hydrogen-bond donors (Lipinski definition) is 1. The van der Waals surface area contributed by atoms with E-state index >= 15 is 0 Å². The summed E-state index contributed by atoms with van der Waals surface area (Å²) in [6.07, 6.45) is 0.968. The highest BCUT2D eigenvalue weighted by Gasteiger charge is 2.14. The van der Waals surface area contributed by atoms with Gasteiger partial charge >= 0.3 is 0 Å². The van der Waals surface area contributed by atoms with Gasteiger partial charge in [0, 0.05) is 29.4 Å². The third kappa shape index (κ3) is 3.18. The van der Waals surface area contributed by atoms with Gasteiger partial charge in [0.1, 0.15) is 5.82 Å². The summed E-state index contributed by atoms with van der Waals surface area (Å²) < 4.78 is 1.93. The number of anilines is 1. The minimum Gasteiger partial charge on any atom is -0.370 e. The number of nitrogens with zero attached hydrogens (tertiary/aromatic N) is 3. The molecular formula is C22H22N4. The fourth-order valence-corrected chi connectivity index (χ4v) is 3.22. The van der Waals surface area contributed by atoms with Crippen molar-refractivity contribution < 1.29 is 0 Å². The summed E-state index contributed by atoms with van der Waals surface area (Å²) in [6, 6.07) is 22.8. The molecule has 0 unspecified atom stereocenters. The van der Waals surface area contributed by atoms with Gasteiger partial charge in [-0.3, -0.25) is 0 Å². The Hall–Kier alpha value is -3.14. The van der Waals surface area contributed by atoms with Crippen LogP contribution in [0.2, 0.25) is 0 Å². The zero-order valence-corrected chi connectivity index (χ0v) is 15.1. The number of benzene rings is 2. The number of aromatic nitrogens is 3. The summed E-state index contributed by atoms with van der Waals surface area (Å²) in [7, 11) is 0. The first-order valence-corrected chi connectivity index (χ1v) is 8.92. The second kappa shape index (κ2) is 7.00. The van der Waals surface area contributed by atoms with Crippen LogP contribution in [0, 0.1) is 13.8 Å². The molecule has 0 radical (unpaired) electrons.